The summed E-state index contributed by atoms with van der Waals surface area (Å²) in [4.78, 5) is 16.5. The predicted octanol–water partition coefficient (Wildman–Crippen LogP) is 4.99. The molecule has 0 saturated carbocycles. The molecule has 6 heteroatoms. The van der Waals surface area contributed by atoms with Crippen molar-refractivity contribution in [2.24, 2.45) is 0 Å². The van der Waals surface area contributed by atoms with Gasteiger partial charge in [-0.25, -0.2) is 0 Å². The maximum atomic E-state index is 14.1. The van der Waals surface area contributed by atoms with Crippen LogP contribution in [0.15, 0.2) is 66.7 Å². The third-order valence-corrected chi connectivity index (χ3v) is 7.46. The standard InChI is InChI=1S/C31H36N2O4/c1-30(2,3)23-11-14-28(37-20-17-33-15-18-36-19-16-33)26(21-23)31(22-9-12-24(35-4)13-10-22)25-7-5-6-8-27(25)32-29(31)34/h5-14,21H,15-20H2,1-4H3,(H,32,34). The van der Waals surface area contributed by atoms with Gasteiger partial charge in [-0.1, -0.05) is 57.2 Å². The van der Waals surface area contributed by atoms with Crippen molar-refractivity contribution in [3.8, 4) is 11.5 Å². The van der Waals surface area contributed by atoms with E-state index in [9.17, 15) is 4.79 Å². The fourth-order valence-corrected chi connectivity index (χ4v) is 5.33. The van der Waals surface area contributed by atoms with Crippen LogP contribution in [0.1, 0.15) is 43.0 Å². The Morgan fingerprint density at radius 1 is 0.973 bits per heavy atom. The zero-order valence-electron chi connectivity index (χ0n) is 22.2. The number of benzene rings is 3. The van der Waals surface area contributed by atoms with Crippen molar-refractivity contribution in [1.82, 2.24) is 4.90 Å². The van der Waals surface area contributed by atoms with Gasteiger partial charge in [-0.05, 0) is 46.9 Å². The molecule has 6 nitrogen and oxygen atoms in total. The number of amides is 1. The second kappa shape index (κ2) is 10.2. The van der Waals surface area contributed by atoms with Crippen LogP contribution in [0.3, 0.4) is 0 Å². The number of morpholine rings is 1. The highest BCUT2D eigenvalue weighted by atomic mass is 16.5. The number of anilines is 1. The van der Waals surface area contributed by atoms with Crippen LogP contribution in [-0.2, 0) is 20.4 Å². The Bertz CT molecular complexity index is 1260. The van der Waals surface area contributed by atoms with Gasteiger partial charge < -0.3 is 19.5 Å². The molecule has 1 N–H and O–H groups in total. The maximum absolute atomic E-state index is 14.1. The fraction of sp³-hybridized carbons (Fsp3) is 0.387. The van der Waals surface area contributed by atoms with Crippen LogP contribution >= 0.6 is 0 Å². The SMILES string of the molecule is COc1ccc(C2(c3cc(C(C)(C)C)ccc3OCCN3CCOCC3)C(=O)Nc3ccccc32)cc1. The van der Waals surface area contributed by atoms with Gasteiger partial charge in [0.05, 0.1) is 20.3 Å². The normalized spacial score (nSPS) is 19.8. The quantitative estimate of drug-likeness (QED) is 0.495. The van der Waals surface area contributed by atoms with Gasteiger partial charge in [0.2, 0.25) is 5.91 Å². The van der Waals surface area contributed by atoms with Gasteiger partial charge in [0.15, 0.2) is 0 Å². The molecule has 0 radical (unpaired) electrons. The molecule has 1 amide bonds. The molecule has 0 aromatic heterocycles. The van der Waals surface area contributed by atoms with Crippen LogP contribution in [0, 0.1) is 0 Å². The van der Waals surface area contributed by atoms with E-state index in [2.05, 4.69) is 43.1 Å². The molecule has 3 aromatic rings. The number of hydrogen-bond acceptors (Lipinski definition) is 5. The van der Waals surface area contributed by atoms with Gasteiger partial charge in [-0.2, -0.15) is 0 Å². The topological polar surface area (TPSA) is 60.0 Å². The molecule has 194 valence electrons. The minimum Gasteiger partial charge on any atom is -0.497 e. The second-order valence-corrected chi connectivity index (χ2v) is 10.7. The van der Waals surface area contributed by atoms with Crippen LogP contribution < -0.4 is 14.8 Å². The van der Waals surface area contributed by atoms with Crippen molar-refractivity contribution >= 4 is 11.6 Å². The number of para-hydroxylation sites is 1. The Morgan fingerprint density at radius 3 is 2.41 bits per heavy atom. The highest BCUT2D eigenvalue weighted by Crippen LogP contribution is 2.51. The summed E-state index contributed by atoms with van der Waals surface area (Å²) in [5.41, 5.74) is 3.47. The Labute approximate surface area is 219 Å². The summed E-state index contributed by atoms with van der Waals surface area (Å²) in [6.07, 6.45) is 0. The van der Waals surface area contributed by atoms with Gasteiger partial charge in [-0.3, -0.25) is 9.69 Å². The van der Waals surface area contributed by atoms with Crippen LogP contribution in [-0.4, -0.2) is 57.4 Å². The maximum Gasteiger partial charge on any atom is 0.244 e. The zero-order valence-corrected chi connectivity index (χ0v) is 22.2. The number of ether oxygens (including phenoxy) is 3. The number of nitrogens with zero attached hydrogens (tertiary/aromatic N) is 1. The van der Waals surface area contributed by atoms with E-state index in [-0.39, 0.29) is 11.3 Å². The van der Waals surface area contributed by atoms with E-state index >= 15 is 0 Å². The minimum absolute atomic E-state index is 0.0806. The summed E-state index contributed by atoms with van der Waals surface area (Å²) in [6.45, 7) is 11.2. The molecule has 1 unspecified atom stereocenters. The average molecular weight is 501 g/mol. The van der Waals surface area contributed by atoms with Gasteiger partial charge in [0.25, 0.3) is 0 Å². The molecule has 5 rings (SSSR count). The molecule has 2 aliphatic heterocycles. The van der Waals surface area contributed by atoms with Gasteiger partial charge >= 0.3 is 0 Å². The first kappa shape index (κ1) is 25.3. The van der Waals surface area contributed by atoms with Crippen LogP contribution in [0.5, 0.6) is 11.5 Å². The van der Waals surface area contributed by atoms with E-state index in [0.717, 1.165) is 72.3 Å². The van der Waals surface area contributed by atoms with Crippen molar-refractivity contribution in [3.05, 3.63) is 89.0 Å². The Kier molecular flexibility index (Phi) is 6.97. The molecular formula is C31H36N2O4. The van der Waals surface area contributed by atoms with Crippen molar-refractivity contribution in [3.63, 3.8) is 0 Å². The van der Waals surface area contributed by atoms with E-state index in [4.69, 9.17) is 14.2 Å². The van der Waals surface area contributed by atoms with Gasteiger partial charge in [0.1, 0.15) is 23.5 Å². The smallest absolute Gasteiger partial charge is 0.244 e. The highest BCUT2D eigenvalue weighted by Gasteiger charge is 2.51. The number of rotatable bonds is 7. The summed E-state index contributed by atoms with van der Waals surface area (Å²) in [5, 5.41) is 3.16. The Hall–Kier alpha value is -3.35. The molecule has 1 saturated heterocycles. The molecule has 0 spiro atoms. The number of carbonyl (C=O) groups excluding carboxylic acids is 1. The highest BCUT2D eigenvalue weighted by molar-refractivity contribution is 6.11. The largest absolute Gasteiger partial charge is 0.497 e. The number of hydrogen-bond donors (Lipinski definition) is 1. The number of nitrogens with one attached hydrogen (secondary N) is 1. The molecule has 0 bridgehead atoms. The van der Waals surface area contributed by atoms with E-state index in [1.54, 1.807) is 7.11 Å². The van der Waals surface area contributed by atoms with Crippen molar-refractivity contribution in [1.29, 1.82) is 0 Å². The molecule has 2 heterocycles. The van der Waals surface area contributed by atoms with E-state index < -0.39 is 5.41 Å². The lowest BCUT2D eigenvalue weighted by atomic mass is 9.68. The van der Waals surface area contributed by atoms with Crippen LogP contribution in [0.2, 0.25) is 0 Å². The van der Waals surface area contributed by atoms with E-state index in [0.29, 0.717) is 6.61 Å². The summed E-state index contributed by atoms with van der Waals surface area (Å²) in [6, 6.07) is 22.1. The summed E-state index contributed by atoms with van der Waals surface area (Å²) >= 11 is 0. The van der Waals surface area contributed by atoms with Crippen LogP contribution in [0.4, 0.5) is 5.69 Å². The molecule has 2 aliphatic rings. The lowest BCUT2D eigenvalue weighted by Gasteiger charge is -2.33. The lowest BCUT2D eigenvalue weighted by Crippen LogP contribution is -2.39. The zero-order chi connectivity index (χ0) is 26.0. The van der Waals surface area contributed by atoms with Gasteiger partial charge in [-0.15, -0.1) is 0 Å². The molecular weight excluding hydrogens is 464 g/mol. The predicted molar refractivity (Wildman–Crippen MR) is 146 cm³/mol. The van der Waals surface area contributed by atoms with E-state index in [1.807, 2.05) is 54.6 Å². The Balaban J connectivity index is 1.66. The number of methoxy groups -OCH3 is 1. The third kappa shape index (κ3) is 4.72. The molecule has 1 fully saturated rings. The first-order chi connectivity index (χ1) is 17.8. The summed E-state index contributed by atoms with van der Waals surface area (Å²) in [7, 11) is 1.65. The molecule has 0 aliphatic carbocycles. The number of fused-ring (bicyclic) bond motifs is 1. The third-order valence-electron chi connectivity index (χ3n) is 7.46. The van der Waals surface area contributed by atoms with Crippen molar-refractivity contribution in [2.45, 2.75) is 31.6 Å². The first-order valence-corrected chi connectivity index (χ1v) is 13.0. The summed E-state index contributed by atoms with van der Waals surface area (Å²) in [5.74, 6) is 1.39. The monoisotopic (exact) mass is 500 g/mol. The lowest BCUT2D eigenvalue weighted by molar-refractivity contribution is -0.118. The first-order valence-electron chi connectivity index (χ1n) is 13.0. The molecule has 3 aromatic carbocycles. The van der Waals surface area contributed by atoms with Crippen molar-refractivity contribution < 1.29 is 19.0 Å². The number of carbonyl (C=O) groups is 1. The second-order valence-electron chi connectivity index (χ2n) is 10.7. The fourth-order valence-electron chi connectivity index (χ4n) is 5.33. The Morgan fingerprint density at radius 2 is 1.70 bits per heavy atom. The van der Waals surface area contributed by atoms with Crippen LogP contribution in [0.25, 0.3) is 0 Å². The average Bonchev–Trinajstić information content (AvgIpc) is 3.21. The minimum atomic E-state index is -1.06. The van der Waals surface area contributed by atoms with Crippen molar-refractivity contribution in [2.75, 3.05) is 51.9 Å². The van der Waals surface area contributed by atoms with Gasteiger partial charge in [0, 0.05) is 36.4 Å². The van der Waals surface area contributed by atoms with E-state index in [1.165, 1.54) is 0 Å². The molecule has 1 atom stereocenters. The summed E-state index contributed by atoms with van der Waals surface area (Å²) < 4.78 is 17.4. The molecule has 37 heavy (non-hydrogen) atoms.